The van der Waals surface area contributed by atoms with Crippen LogP contribution in [0.5, 0.6) is 11.5 Å². The molecule has 152 valence electrons. The van der Waals surface area contributed by atoms with Crippen molar-refractivity contribution >= 4 is 6.03 Å². The lowest BCUT2D eigenvalue weighted by Gasteiger charge is -2.23. The molecule has 28 heavy (non-hydrogen) atoms. The summed E-state index contributed by atoms with van der Waals surface area (Å²) >= 11 is 0. The van der Waals surface area contributed by atoms with E-state index in [1.807, 2.05) is 38.1 Å². The number of urea groups is 1. The Labute approximate surface area is 164 Å². The third kappa shape index (κ3) is 6.72. The number of methoxy groups -OCH3 is 1. The zero-order chi connectivity index (χ0) is 20.5. The molecule has 0 saturated heterocycles. The van der Waals surface area contributed by atoms with E-state index in [0.717, 1.165) is 16.9 Å². The first-order valence-electron chi connectivity index (χ1n) is 9.07. The molecule has 0 bridgehead atoms. The summed E-state index contributed by atoms with van der Waals surface area (Å²) in [5.41, 5.74) is 1.74. The smallest absolute Gasteiger partial charge is 0.315 e. The molecule has 0 fully saturated rings. The second kappa shape index (κ2) is 10.5. The van der Waals surface area contributed by atoms with E-state index in [4.69, 9.17) is 9.47 Å². The zero-order valence-corrected chi connectivity index (χ0v) is 16.2. The van der Waals surface area contributed by atoms with Gasteiger partial charge in [0.05, 0.1) is 13.2 Å². The monoisotopic (exact) mass is 392 g/mol. The van der Waals surface area contributed by atoms with Crippen LogP contribution in [0.3, 0.4) is 0 Å². The van der Waals surface area contributed by atoms with Crippen LogP contribution in [-0.2, 0) is 6.54 Å². The number of halogens is 2. The zero-order valence-electron chi connectivity index (χ0n) is 16.2. The fraction of sp³-hybridized carbons (Fsp3) is 0.381. The van der Waals surface area contributed by atoms with Crippen LogP contribution in [-0.4, -0.2) is 26.2 Å². The summed E-state index contributed by atoms with van der Waals surface area (Å²) in [7, 11) is 1.61. The number of benzene rings is 2. The van der Waals surface area contributed by atoms with Crippen LogP contribution in [0.4, 0.5) is 13.6 Å². The minimum Gasteiger partial charge on any atom is -0.497 e. The maximum absolute atomic E-state index is 12.4. The molecule has 0 aromatic heterocycles. The van der Waals surface area contributed by atoms with Gasteiger partial charge in [-0.15, -0.1) is 0 Å². The molecule has 0 saturated carbocycles. The Morgan fingerprint density at radius 3 is 2.39 bits per heavy atom. The summed E-state index contributed by atoms with van der Waals surface area (Å²) in [5, 5.41) is 5.76. The number of hydrogen-bond donors (Lipinski definition) is 2. The third-order valence-corrected chi connectivity index (χ3v) is 4.16. The summed E-state index contributed by atoms with van der Waals surface area (Å²) in [5.74, 6) is 1.29. The standard InChI is InChI=1S/C21H26F2N2O3/c1-14(2)20(16-7-9-17(27-3)10-8-16)25-21(26)24-12-15-5-4-6-18(11-15)28-13-19(22)23/h4-11,14,19-20H,12-13H2,1-3H3,(H2,24,25,26). The molecule has 0 aliphatic rings. The summed E-state index contributed by atoms with van der Waals surface area (Å²) in [6.45, 7) is 3.65. The van der Waals surface area contributed by atoms with Crippen LogP contribution in [0.1, 0.15) is 31.0 Å². The highest BCUT2D eigenvalue weighted by molar-refractivity contribution is 5.74. The molecule has 2 rings (SSSR count). The largest absolute Gasteiger partial charge is 0.497 e. The van der Waals surface area contributed by atoms with Crippen molar-refractivity contribution in [3.63, 3.8) is 0 Å². The molecule has 1 unspecified atom stereocenters. The van der Waals surface area contributed by atoms with Crippen molar-refractivity contribution in [3.05, 3.63) is 59.7 Å². The van der Waals surface area contributed by atoms with Crippen molar-refractivity contribution in [1.29, 1.82) is 0 Å². The third-order valence-electron chi connectivity index (χ3n) is 4.16. The van der Waals surface area contributed by atoms with E-state index in [9.17, 15) is 13.6 Å². The summed E-state index contributed by atoms with van der Waals surface area (Å²) in [6, 6.07) is 13.8. The summed E-state index contributed by atoms with van der Waals surface area (Å²) < 4.78 is 34.7. The van der Waals surface area contributed by atoms with Gasteiger partial charge in [0.25, 0.3) is 6.43 Å². The quantitative estimate of drug-likeness (QED) is 0.659. The van der Waals surface area contributed by atoms with E-state index >= 15 is 0 Å². The predicted octanol–water partition coefficient (Wildman–Crippen LogP) is 4.54. The average Bonchev–Trinajstić information content (AvgIpc) is 2.69. The number of carbonyl (C=O) groups excluding carboxylic acids is 1. The summed E-state index contributed by atoms with van der Waals surface area (Å²) in [6.07, 6.45) is -2.53. The van der Waals surface area contributed by atoms with Gasteiger partial charge in [0, 0.05) is 6.54 Å². The van der Waals surface area contributed by atoms with Crippen LogP contribution < -0.4 is 20.1 Å². The number of alkyl halides is 2. The molecule has 0 heterocycles. The van der Waals surface area contributed by atoms with E-state index in [0.29, 0.717) is 5.75 Å². The van der Waals surface area contributed by atoms with Gasteiger partial charge in [-0.2, -0.15) is 0 Å². The lowest BCUT2D eigenvalue weighted by molar-refractivity contribution is 0.0818. The SMILES string of the molecule is COc1ccc(C(NC(=O)NCc2cccc(OCC(F)F)c2)C(C)C)cc1. The predicted molar refractivity (Wildman–Crippen MR) is 104 cm³/mol. The van der Waals surface area contributed by atoms with Gasteiger partial charge in [0.2, 0.25) is 0 Å². The molecule has 0 aliphatic heterocycles. The van der Waals surface area contributed by atoms with Crippen LogP contribution in [0.2, 0.25) is 0 Å². The van der Waals surface area contributed by atoms with Crippen LogP contribution >= 0.6 is 0 Å². The topological polar surface area (TPSA) is 59.6 Å². The Morgan fingerprint density at radius 1 is 1.07 bits per heavy atom. The van der Waals surface area contributed by atoms with E-state index in [1.54, 1.807) is 31.4 Å². The van der Waals surface area contributed by atoms with Crippen LogP contribution in [0.25, 0.3) is 0 Å². The molecule has 2 N–H and O–H groups in total. The highest BCUT2D eigenvalue weighted by Crippen LogP contribution is 2.23. The van der Waals surface area contributed by atoms with E-state index in [2.05, 4.69) is 10.6 Å². The fourth-order valence-electron chi connectivity index (χ4n) is 2.73. The normalized spacial score (nSPS) is 12.0. The first-order valence-corrected chi connectivity index (χ1v) is 9.07. The lowest BCUT2D eigenvalue weighted by atomic mass is 9.96. The highest BCUT2D eigenvalue weighted by Gasteiger charge is 2.18. The van der Waals surface area contributed by atoms with E-state index in [-0.39, 0.29) is 24.5 Å². The maximum Gasteiger partial charge on any atom is 0.315 e. The highest BCUT2D eigenvalue weighted by atomic mass is 19.3. The second-order valence-electron chi connectivity index (χ2n) is 6.67. The fourth-order valence-corrected chi connectivity index (χ4v) is 2.73. The first-order chi connectivity index (χ1) is 13.4. The number of amides is 2. The molecular weight excluding hydrogens is 366 g/mol. The Hall–Kier alpha value is -2.83. The molecule has 2 amide bonds. The van der Waals surface area contributed by atoms with Gasteiger partial charge in [-0.05, 0) is 41.3 Å². The molecule has 0 radical (unpaired) electrons. The Balaban J connectivity index is 1.93. The Bertz CT molecular complexity index is 752. The molecular formula is C21H26F2N2O3. The molecule has 5 nitrogen and oxygen atoms in total. The van der Waals surface area contributed by atoms with Crippen molar-refractivity contribution < 1.29 is 23.0 Å². The lowest BCUT2D eigenvalue weighted by Crippen LogP contribution is -2.39. The van der Waals surface area contributed by atoms with Gasteiger partial charge in [-0.25, -0.2) is 13.6 Å². The van der Waals surface area contributed by atoms with Gasteiger partial charge in [0.1, 0.15) is 18.1 Å². The van der Waals surface area contributed by atoms with Crippen molar-refractivity contribution in [1.82, 2.24) is 10.6 Å². The van der Waals surface area contributed by atoms with Crippen molar-refractivity contribution in [3.8, 4) is 11.5 Å². The minimum absolute atomic E-state index is 0.161. The second-order valence-corrected chi connectivity index (χ2v) is 6.67. The molecule has 0 spiro atoms. The van der Waals surface area contributed by atoms with E-state index < -0.39 is 13.0 Å². The Kier molecular flexibility index (Phi) is 8.04. The van der Waals surface area contributed by atoms with Gasteiger partial charge in [-0.3, -0.25) is 0 Å². The number of carbonyl (C=O) groups is 1. The van der Waals surface area contributed by atoms with Gasteiger partial charge in [0.15, 0.2) is 0 Å². The van der Waals surface area contributed by atoms with Crippen LogP contribution in [0.15, 0.2) is 48.5 Å². The number of rotatable bonds is 9. The van der Waals surface area contributed by atoms with Crippen molar-refractivity contribution in [2.75, 3.05) is 13.7 Å². The Morgan fingerprint density at radius 2 is 1.79 bits per heavy atom. The average molecular weight is 392 g/mol. The van der Waals surface area contributed by atoms with Gasteiger partial charge in [-0.1, -0.05) is 38.1 Å². The van der Waals surface area contributed by atoms with Crippen molar-refractivity contribution in [2.45, 2.75) is 32.9 Å². The number of hydrogen-bond acceptors (Lipinski definition) is 3. The molecule has 2 aromatic carbocycles. The van der Waals surface area contributed by atoms with E-state index in [1.165, 1.54) is 0 Å². The van der Waals surface area contributed by atoms with Gasteiger partial charge < -0.3 is 20.1 Å². The summed E-state index contributed by atoms with van der Waals surface area (Å²) in [4.78, 5) is 12.4. The minimum atomic E-state index is -2.53. The molecule has 2 aromatic rings. The molecule has 7 heteroatoms. The first kappa shape index (κ1) is 21.5. The van der Waals surface area contributed by atoms with Gasteiger partial charge >= 0.3 is 6.03 Å². The number of ether oxygens (including phenoxy) is 2. The van der Waals surface area contributed by atoms with Crippen molar-refractivity contribution in [2.24, 2.45) is 5.92 Å². The molecule has 1 atom stereocenters. The molecule has 0 aliphatic carbocycles. The van der Waals surface area contributed by atoms with Crippen LogP contribution in [0, 0.1) is 5.92 Å². The maximum atomic E-state index is 12.4. The number of nitrogens with one attached hydrogen (secondary N) is 2.